The summed E-state index contributed by atoms with van der Waals surface area (Å²) in [5.41, 5.74) is 2.53. The molecular formula is C26H20FIN6O3. The number of carbonyl (C=O) groups excluding carboxylic acids is 1. The molecular weight excluding hydrogens is 590 g/mol. The summed E-state index contributed by atoms with van der Waals surface area (Å²) in [6, 6.07) is 14.6. The Morgan fingerprint density at radius 3 is 2.46 bits per heavy atom. The molecule has 0 saturated heterocycles. The summed E-state index contributed by atoms with van der Waals surface area (Å²) >= 11 is 1.95. The topological polar surface area (TPSA) is 106 Å². The third kappa shape index (κ3) is 4.69. The molecule has 0 unspecified atom stereocenters. The monoisotopic (exact) mass is 610 g/mol. The van der Waals surface area contributed by atoms with Crippen molar-refractivity contribution in [2.24, 2.45) is 0 Å². The van der Waals surface area contributed by atoms with Gasteiger partial charge in [0.25, 0.3) is 5.91 Å². The zero-order chi connectivity index (χ0) is 26.3. The zero-order valence-electron chi connectivity index (χ0n) is 19.7. The fraction of sp³-hybridized carbons (Fsp3) is 0.115. The molecule has 0 aliphatic heterocycles. The maximum absolute atomic E-state index is 14.6. The Morgan fingerprint density at radius 2 is 1.81 bits per heavy atom. The van der Waals surface area contributed by atoms with Crippen LogP contribution in [0.3, 0.4) is 0 Å². The summed E-state index contributed by atoms with van der Waals surface area (Å²) in [6.45, 7) is 3.43. The average molecular weight is 610 g/mol. The van der Waals surface area contributed by atoms with Crippen LogP contribution in [-0.2, 0) is 0 Å². The lowest BCUT2D eigenvalue weighted by Gasteiger charge is -2.25. The van der Waals surface area contributed by atoms with E-state index in [2.05, 4.69) is 15.2 Å². The molecule has 186 valence electrons. The largest absolute Gasteiger partial charge is 0.477 e. The second-order valence-electron chi connectivity index (χ2n) is 8.51. The summed E-state index contributed by atoms with van der Waals surface area (Å²) in [6.07, 6.45) is 4.84. The quantitative estimate of drug-likeness (QED) is 0.269. The molecule has 0 bridgehead atoms. The van der Waals surface area contributed by atoms with Gasteiger partial charge in [0.2, 0.25) is 0 Å². The van der Waals surface area contributed by atoms with Crippen molar-refractivity contribution in [1.29, 1.82) is 0 Å². The Bertz CT molecular complexity index is 1610. The third-order valence-corrected chi connectivity index (χ3v) is 6.38. The van der Waals surface area contributed by atoms with Crippen LogP contribution in [0, 0.1) is 9.39 Å². The van der Waals surface area contributed by atoms with Crippen molar-refractivity contribution in [2.45, 2.75) is 19.9 Å². The maximum atomic E-state index is 14.6. The minimum atomic E-state index is -1.25. The van der Waals surface area contributed by atoms with Crippen molar-refractivity contribution < 1.29 is 19.1 Å². The van der Waals surface area contributed by atoms with Crippen molar-refractivity contribution in [3.63, 3.8) is 0 Å². The predicted molar refractivity (Wildman–Crippen MR) is 144 cm³/mol. The normalized spacial score (nSPS) is 11.3. The van der Waals surface area contributed by atoms with Gasteiger partial charge in [-0.15, -0.1) is 5.10 Å². The number of fused-ring (bicyclic) bond motifs is 1. The van der Waals surface area contributed by atoms with Gasteiger partial charge >= 0.3 is 5.97 Å². The Labute approximate surface area is 224 Å². The number of carbonyl (C=O) groups is 2. The van der Waals surface area contributed by atoms with E-state index in [-0.39, 0.29) is 16.9 Å². The molecule has 0 aliphatic rings. The van der Waals surface area contributed by atoms with E-state index in [4.69, 9.17) is 0 Å². The second kappa shape index (κ2) is 9.73. The first-order valence-corrected chi connectivity index (χ1v) is 12.3. The fourth-order valence-electron chi connectivity index (χ4n) is 3.95. The van der Waals surface area contributed by atoms with Gasteiger partial charge in [0.15, 0.2) is 11.5 Å². The van der Waals surface area contributed by atoms with Gasteiger partial charge in [0.05, 0.1) is 16.9 Å². The van der Waals surface area contributed by atoms with E-state index in [9.17, 15) is 19.1 Å². The SMILES string of the molecule is CC(C)N(C(=O)c1ccc(I)cc1F)c1nn(-c2ccc(-c3cc4ncccn4n3)cc2)cc1C(=O)O. The molecule has 37 heavy (non-hydrogen) atoms. The summed E-state index contributed by atoms with van der Waals surface area (Å²) < 4.78 is 18.3. The summed E-state index contributed by atoms with van der Waals surface area (Å²) in [5, 5.41) is 18.8. The number of aromatic nitrogens is 5. The Balaban J connectivity index is 1.52. The first kappa shape index (κ1) is 24.6. The molecule has 0 radical (unpaired) electrons. The Morgan fingerprint density at radius 1 is 1.05 bits per heavy atom. The Kier molecular flexibility index (Phi) is 6.46. The molecule has 5 aromatic rings. The number of halogens is 2. The zero-order valence-corrected chi connectivity index (χ0v) is 21.9. The number of rotatable bonds is 6. The van der Waals surface area contributed by atoms with Gasteiger partial charge < -0.3 is 5.11 Å². The van der Waals surface area contributed by atoms with Crippen LogP contribution in [-0.4, -0.2) is 47.4 Å². The average Bonchev–Trinajstić information content (AvgIpc) is 3.49. The van der Waals surface area contributed by atoms with Crippen molar-refractivity contribution >= 4 is 45.9 Å². The molecule has 0 atom stereocenters. The molecule has 3 aromatic heterocycles. The van der Waals surface area contributed by atoms with E-state index in [1.165, 1.54) is 27.9 Å². The van der Waals surface area contributed by atoms with Crippen molar-refractivity contribution in [1.82, 2.24) is 24.4 Å². The number of anilines is 1. The van der Waals surface area contributed by atoms with Gasteiger partial charge in [-0.05, 0) is 72.8 Å². The molecule has 2 aromatic carbocycles. The van der Waals surface area contributed by atoms with Crippen molar-refractivity contribution in [3.05, 3.63) is 93.7 Å². The molecule has 11 heteroatoms. The lowest BCUT2D eigenvalue weighted by atomic mass is 10.1. The van der Waals surface area contributed by atoms with Gasteiger partial charge in [-0.2, -0.15) is 5.10 Å². The number of hydrogen-bond donors (Lipinski definition) is 1. The summed E-state index contributed by atoms with van der Waals surface area (Å²) in [4.78, 5) is 30.9. The van der Waals surface area contributed by atoms with E-state index in [0.29, 0.717) is 14.9 Å². The number of amides is 1. The third-order valence-electron chi connectivity index (χ3n) is 5.71. The maximum Gasteiger partial charge on any atom is 0.341 e. The van der Waals surface area contributed by atoms with E-state index in [0.717, 1.165) is 11.3 Å². The second-order valence-corrected chi connectivity index (χ2v) is 9.75. The minimum absolute atomic E-state index is 0.0686. The Hall–Kier alpha value is -4.13. The van der Waals surface area contributed by atoms with Crippen LogP contribution in [0.25, 0.3) is 22.6 Å². The summed E-state index contributed by atoms with van der Waals surface area (Å²) in [5.74, 6) is -2.68. The highest BCUT2D eigenvalue weighted by Crippen LogP contribution is 2.27. The molecule has 0 saturated carbocycles. The lowest BCUT2D eigenvalue weighted by Crippen LogP contribution is -2.38. The molecule has 0 spiro atoms. The van der Waals surface area contributed by atoms with E-state index in [1.807, 2.05) is 47.0 Å². The van der Waals surface area contributed by atoms with Gasteiger partial charge in [0, 0.05) is 39.8 Å². The highest BCUT2D eigenvalue weighted by molar-refractivity contribution is 14.1. The van der Waals surface area contributed by atoms with Gasteiger partial charge in [-0.3, -0.25) is 9.69 Å². The number of carboxylic acids is 1. The van der Waals surface area contributed by atoms with E-state index in [1.54, 1.807) is 48.8 Å². The standard InChI is InChI=1S/C26H20FIN6O3/c1-15(2)34(25(35)19-9-6-17(28)12-21(19)27)24-20(26(36)37)14-33(31-24)18-7-4-16(5-8-18)22-13-23-29-10-3-11-32(23)30-22/h3-15H,1-2H3,(H,36,37). The molecule has 0 fully saturated rings. The summed E-state index contributed by atoms with van der Waals surface area (Å²) in [7, 11) is 0. The van der Waals surface area contributed by atoms with Gasteiger partial charge in [-0.25, -0.2) is 23.4 Å². The van der Waals surface area contributed by atoms with Crippen LogP contribution in [0.5, 0.6) is 0 Å². The minimum Gasteiger partial charge on any atom is -0.477 e. The van der Waals surface area contributed by atoms with Crippen LogP contribution in [0.15, 0.2) is 73.2 Å². The number of aromatic carboxylic acids is 1. The molecule has 5 rings (SSSR count). The predicted octanol–water partition coefficient (Wildman–Crippen LogP) is 5.08. The van der Waals surface area contributed by atoms with Crippen molar-refractivity contribution in [3.8, 4) is 16.9 Å². The smallest absolute Gasteiger partial charge is 0.341 e. The van der Waals surface area contributed by atoms with Gasteiger partial charge in [-0.1, -0.05) is 12.1 Å². The van der Waals surface area contributed by atoms with Crippen LogP contribution < -0.4 is 4.90 Å². The number of carboxylic acid groups (broad SMARTS) is 1. The highest BCUT2D eigenvalue weighted by Gasteiger charge is 2.30. The number of nitrogens with zero attached hydrogens (tertiary/aromatic N) is 6. The van der Waals surface area contributed by atoms with Crippen molar-refractivity contribution in [2.75, 3.05) is 4.90 Å². The lowest BCUT2D eigenvalue weighted by molar-refractivity contribution is 0.0697. The fourth-order valence-corrected chi connectivity index (χ4v) is 4.40. The molecule has 1 N–H and O–H groups in total. The molecule has 3 heterocycles. The first-order chi connectivity index (χ1) is 17.7. The van der Waals surface area contributed by atoms with Gasteiger partial charge in [0.1, 0.15) is 11.4 Å². The van der Waals surface area contributed by atoms with E-state index < -0.39 is 23.7 Å². The molecule has 0 aliphatic carbocycles. The van der Waals surface area contributed by atoms with Crippen LogP contribution in [0.1, 0.15) is 34.6 Å². The molecule has 9 nitrogen and oxygen atoms in total. The van der Waals surface area contributed by atoms with Crippen LogP contribution >= 0.6 is 22.6 Å². The highest BCUT2D eigenvalue weighted by atomic mass is 127. The van der Waals surface area contributed by atoms with Crippen LogP contribution in [0.2, 0.25) is 0 Å². The number of benzene rings is 2. The first-order valence-electron chi connectivity index (χ1n) is 11.3. The van der Waals surface area contributed by atoms with Crippen LogP contribution in [0.4, 0.5) is 10.2 Å². The molecule has 1 amide bonds. The van der Waals surface area contributed by atoms with E-state index >= 15 is 0 Å². The number of hydrogen-bond acceptors (Lipinski definition) is 5.